The first kappa shape index (κ1) is 17.8. The van der Waals surface area contributed by atoms with Crippen molar-refractivity contribution in [1.29, 1.82) is 0 Å². The minimum atomic E-state index is -0.961. The molecule has 6 heteroatoms. The number of likely N-dealkylation sites (N-methyl/N-ethyl adjacent to an activating group) is 1. The second kappa shape index (κ2) is 7.68. The maximum absolute atomic E-state index is 12.1. The number of esters is 1. The van der Waals surface area contributed by atoms with Crippen LogP contribution >= 0.6 is 0 Å². The average molecular weight is 308 g/mol. The fourth-order valence-electron chi connectivity index (χ4n) is 1.77. The van der Waals surface area contributed by atoms with Crippen molar-refractivity contribution < 1.29 is 19.1 Å². The number of alkyl carbamates (subject to hydrolysis) is 1. The zero-order chi connectivity index (χ0) is 16.8. The maximum atomic E-state index is 12.1. The van der Waals surface area contributed by atoms with Gasteiger partial charge in [-0.05, 0) is 39.8 Å². The zero-order valence-electron chi connectivity index (χ0n) is 13.8. The monoisotopic (exact) mass is 308 g/mol. The lowest BCUT2D eigenvalue weighted by molar-refractivity contribution is -0.145. The summed E-state index contributed by atoms with van der Waals surface area (Å²) in [6.45, 7) is 7.21. The van der Waals surface area contributed by atoms with Crippen LogP contribution in [0.4, 0.5) is 10.5 Å². The van der Waals surface area contributed by atoms with Crippen molar-refractivity contribution in [3.05, 3.63) is 30.3 Å². The first-order chi connectivity index (χ1) is 10.2. The highest BCUT2D eigenvalue weighted by Crippen LogP contribution is 2.15. The lowest BCUT2D eigenvalue weighted by Crippen LogP contribution is -2.53. The summed E-state index contributed by atoms with van der Waals surface area (Å²) in [6.07, 6.45) is -1.63. The van der Waals surface area contributed by atoms with E-state index in [1.165, 1.54) is 0 Å². The molecule has 1 amide bonds. The van der Waals surface area contributed by atoms with Crippen molar-refractivity contribution >= 4 is 17.7 Å². The number of ether oxygens (including phenoxy) is 2. The predicted molar refractivity (Wildman–Crippen MR) is 84.6 cm³/mol. The van der Waals surface area contributed by atoms with Gasteiger partial charge in [0, 0.05) is 12.7 Å². The second-order valence-corrected chi connectivity index (χ2v) is 5.75. The molecule has 1 unspecified atom stereocenters. The van der Waals surface area contributed by atoms with Crippen molar-refractivity contribution in [2.45, 2.75) is 39.5 Å². The lowest BCUT2D eigenvalue weighted by Gasteiger charge is -2.30. The summed E-state index contributed by atoms with van der Waals surface area (Å²) in [6, 6.07) is 9.24. The molecule has 0 heterocycles. The van der Waals surface area contributed by atoms with Crippen LogP contribution in [0.15, 0.2) is 30.3 Å². The molecule has 0 aliphatic carbocycles. The quantitative estimate of drug-likeness (QED) is 0.669. The van der Waals surface area contributed by atoms with Gasteiger partial charge in [-0.2, -0.15) is 0 Å². The Morgan fingerprint density at radius 1 is 1.23 bits per heavy atom. The molecule has 1 atom stereocenters. The Kier molecular flexibility index (Phi) is 6.22. The molecule has 22 heavy (non-hydrogen) atoms. The third-order valence-corrected chi connectivity index (χ3v) is 2.71. The Balaban J connectivity index is 2.89. The highest BCUT2D eigenvalue weighted by molar-refractivity contribution is 5.84. The molecule has 0 saturated carbocycles. The van der Waals surface area contributed by atoms with Gasteiger partial charge in [0.1, 0.15) is 5.60 Å². The summed E-state index contributed by atoms with van der Waals surface area (Å²) < 4.78 is 10.2. The third kappa shape index (κ3) is 5.63. The fraction of sp³-hybridized carbons (Fsp3) is 0.500. The van der Waals surface area contributed by atoms with Gasteiger partial charge in [0.05, 0.1) is 6.61 Å². The summed E-state index contributed by atoms with van der Waals surface area (Å²) in [7, 11) is 1.70. The van der Waals surface area contributed by atoms with E-state index in [0.717, 1.165) is 5.69 Å². The molecular formula is C16H24N2O4. The van der Waals surface area contributed by atoms with Gasteiger partial charge in [-0.25, -0.2) is 9.59 Å². The van der Waals surface area contributed by atoms with Crippen molar-refractivity contribution in [2.24, 2.45) is 0 Å². The number of para-hydroxylation sites is 1. The fourth-order valence-corrected chi connectivity index (χ4v) is 1.77. The topological polar surface area (TPSA) is 67.9 Å². The van der Waals surface area contributed by atoms with Gasteiger partial charge in [-0.3, -0.25) is 5.32 Å². The number of anilines is 1. The molecule has 0 aliphatic heterocycles. The smallest absolute Gasteiger partial charge is 0.409 e. The zero-order valence-corrected chi connectivity index (χ0v) is 13.8. The molecule has 1 rings (SSSR count). The van der Waals surface area contributed by atoms with Crippen molar-refractivity contribution in [3.8, 4) is 0 Å². The van der Waals surface area contributed by atoms with E-state index in [0.29, 0.717) is 0 Å². The Morgan fingerprint density at radius 3 is 2.32 bits per heavy atom. The Bertz CT molecular complexity index is 497. The van der Waals surface area contributed by atoms with Gasteiger partial charge in [0.15, 0.2) is 0 Å². The lowest BCUT2D eigenvalue weighted by atomic mass is 10.2. The maximum Gasteiger partial charge on any atom is 0.409 e. The van der Waals surface area contributed by atoms with Crippen LogP contribution < -0.4 is 10.2 Å². The molecule has 0 fully saturated rings. The summed E-state index contributed by atoms with van der Waals surface area (Å²) >= 11 is 0. The van der Waals surface area contributed by atoms with Gasteiger partial charge >= 0.3 is 12.1 Å². The van der Waals surface area contributed by atoms with E-state index in [4.69, 9.17) is 9.47 Å². The van der Waals surface area contributed by atoms with Gasteiger partial charge in [-0.1, -0.05) is 18.2 Å². The molecule has 0 saturated heterocycles. The number of rotatable bonds is 5. The first-order valence-electron chi connectivity index (χ1n) is 7.18. The largest absolute Gasteiger partial charge is 0.463 e. The van der Waals surface area contributed by atoms with E-state index in [-0.39, 0.29) is 6.61 Å². The van der Waals surface area contributed by atoms with Crippen LogP contribution in [0.25, 0.3) is 0 Å². The minimum Gasteiger partial charge on any atom is -0.463 e. The van der Waals surface area contributed by atoms with Gasteiger partial charge in [-0.15, -0.1) is 0 Å². The number of nitrogens with zero attached hydrogens (tertiary/aromatic N) is 1. The van der Waals surface area contributed by atoms with Gasteiger partial charge in [0.2, 0.25) is 6.17 Å². The number of hydrogen-bond donors (Lipinski definition) is 1. The van der Waals surface area contributed by atoms with Crippen LogP contribution in [0.5, 0.6) is 0 Å². The van der Waals surface area contributed by atoms with Crippen LogP contribution in [0.1, 0.15) is 27.7 Å². The van der Waals surface area contributed by atoms with Crippen LogP contribution in [0, 0.1) is 0 Å². The van der Waals surface area contributed by atoms with Crippen LogP contribution in [-0.2, 0) is 14.3 Å². The van der Waals surface area contributed by atoms with E-state index in [1.807, 2.05) is 30.3 Å². The highest BCUT2D eigenvalue weighted by Gasteiger charge is 2.29. The SMILES string of the molecule is CCOC(=O)C(NC(=O)OC(C)(C)C)N(C)c1ccccc1. The molecule has 122 valence electrons. The standard InChI is InChI=1S/C16H24N2O4/c1-6-21-14(19)13(17-15(20)22-16(2,3)4)18(5)12-10-8-7-9-11-12/h7-11,13H,6H2,1-5H3,(H,17,20). The highest BCUT2D eigenvalue weighted by atomic mass is 16.6. The Morgan fingerprint density at radius 2 is 1.82 bits per heavy atom. The molecule has 0 bridgehead atoms. The molecule has 0 spiro atoms. The number of benzene rings is 1. The van der Waals surface area contributed by atoms with Crippen molar-refractivity contribution in [1.82, 2.24) is 5.32 Å². The number of hydrogen-bond acceptors (Lipinski definition) is 5. The summed E-state index contributed by atoms with van der Waals surface area (Å²) in [4.78, 5) is 25.7. The van der Waals surface area contributed by atoms with E-state index >= 15 is 0 Å². The minimum absolute atomic E-state index is 0.230. The second-order valence-electron chi connectivity index (χ2n) is 5.75. The molecule has 6 nitrogen and oxygen atoms in total. The normalized spacial score (nSPS) is 12.2. The van der Waals surface area contributed by atoms with Crippen LogP contribution in [-0.4, -0.2) is 37.5 Å². The molecular weight excluding hydrogens is 284 g/mol. The van der Waals surface area contributed by atoms with E-state index < -0.39 is 23.8 Å². The average Bonchev–Trinajstić information content (AvgIpc) is 2.43. The Hall–Kier alpha value is -2.24. The van der Waals surface area contributed by atoms with Gasteiger partial charge < -0.3 is 14.4 Å². The third-order valence-electron chi connectivity index (χ3n) is 2.71. The number of carbonyl (C=O) groups excluding carboxylic acids is 2. The van der Waals surface area contributed by atoms with Crippen LogP contribution in [0.2, 0.25) is 0 Å². The Labute approximate surface area is 131 Å². The van der Waals surface area contributed by atoms with E-state index in [1.54, 1.807) is 39.6 Å². The number of nitrogens with one attached hydrogen (secondary N) is 1. The van der Waals surface area contributed by atoms with E-state index in [2.05, 4.69) is 5.32 Å². The van der Waals surface area contributed by atoms with E-state index in [9.17, 15) is 9.59 Å². The molecule has 1 aromatic carbocycles. The summed E-state index contributed by atoms with van der Waals surface area (Å²) in [5.41, 5.74) is 0.130. The molecule has 1 N–H and O–H groups in total. The number of amides is 1. The van der Waals surface area contributed by atoms with Crippen molar-refractivity contribution in [3.63, 3.8) is 0 Å². The molecule has 1 aromatic rings. The van der Waals surface area contributed by atoms with Crippen LogP contribution in [0.3, 0.4) is 0 Å². The first-order valence-corrected chi connectivity index (χ1v) is 7.18. The molecule has 0 radical (unpaired) electrons. The molecule has 0 aromatic heterocycles. The summed E-state index contributed by atoms with van der Waals surface area (Å²) in [5.74, 6) is -0.542. The van der Waals surface area contributed by atoms with Gasteiger partial charge in [0.25, 0.3) is 0 Å². The van der Waals surface area contributed by atoms with Crippen molar-refractivity contribution in [2.75, 3.05) is 18.6 Å². The predicted octanol–water partition coefficient (Wildman–Crippen LogP) is 2.54. The molecule has 0 aliphatic rings. The summed E-state index contributed by atoms with van der Waals surface area (Å²) in [5, 5.41) is 2.55. The number of carbonyl (C=O) groups is 2.